The van der Waals surface area contributed by atoms with Crippen LogP contribution < -0.4 is 5.32 Å². The number of nitrogens with one attached hydrogen (secondary N) is 1. The zero-order valence-corrected chi connectivity index (χ0v) is 13.2. The summed E-state index contributed by atoms with van der Waals surface area (Å²) in [5, 5.41) is 3.42. The minimum absolute atomic E-state index is 0.0718. The van der Waals surface area contributed by atoms with Crippen molar-refractivity contribution in [1.29, 1.82) is 0 Å². The molecule has 2 rings (SSSR count). The predicted octanol–water partition coefficient (Wildman–Crippen LogP) is 4.13. The topological polar surface area (TPSA) is 32.3 Å². The van der Waals surface area contributed by atoms with Gasteiger partial charge < -0.3 is 5.32 Å². The van der Waals surface area contributed by atoms with Crippen molar-refractivity contribution in [2.24, 2.45) is 0 Å². The van der Waals surface area contributed by atoms with E-state index < -0.39 is 0 Å². The van der Waals surface area contributed by atoms with Gasteiger partial charge in [0.15, 0.2) is 0 Å². The summed E-state index contributed by atoms with van der Waals surface area (Å²) >= 11 is 13.3. The quantitative estimate of drug-likeness (QED) is 0.895. The summed E-state index contributed by atoms with van der Waals surface area (Å²) < 4.78 is 0.761. The van der Waals surface area contributed by atoms with Gasteiger partial charge in [-0.1, -0.05) is 29.3 Å². The summed E-state index contributed by atoms with van der Waals surface area (Å²) in [7, 11) is 1.89. The molecule has 0 atom stereocenters. The fourth-order valence-electron chi connectivity index (χ4n) is 1.77. The van der Waals surface area contributed by atoms with Crippen molar-refractivity contribution in [2.75, 3.05) is 18.9 Å². The van der Waals surface area contributed by atoms with Gasteiger partial charge in [0.05, 0.1) is 10.9 Å². The second-order valence-corrected chi connectivity index (χ2v) is 6.67. The number of halogens is 2. The van der Waals surface area contributed by atoms with E-state index in [-0.39, 0.29) is 5.91 Å². The minimum atomic E-state index is -0.0718. The van der Waals surface area contributed by atoms with Crippen LogP contribution >= 0.6 is 34.5 Å². The van der Waals surface area contributed by atoms with Crippen molar-refractivity contribution in [3.63, 3.8) is 0 Å². The fourth-order valence-corrected chi connectivity index (χ4v) is 3.13. The number of hydrogen-bond acceptors (Lipinski definition) is 3. The molecule has 1 aromatic carbocycles. The molecule has 106 valence electrons. The molecule has 0 bridgehead atoms. The molecule has 0 unspecified atom stereocenters. The Kier molecular flexibility index (Phi) is 5.43. The van der Waals surface area contributed by atoms with E-state index in [1.165, 1.54) is 11.3 Å². The van der Waals surface area contributed by atoms with Crippen molar-refractivity contribution < 1.29 is 4.79 Å². The highest BCUT2D eigenvalue weighted by atomic mass is 35.5. The van der Waals surface area contributed by atoms with E-state index >= 15 is 0 Å². The number of hydrogen-bond donors (Lipinski definition) is 1. The lowest BCUT2D eigenvalue weighted by atomic mass is 10.3. The van der Waals surface area contributed by atoms with Crippen LogP contribution in [0.2, 0.25) is 9.36 Å². The number of carbonyl (C=O) groups excluding carboxylic acids is 1. The van der Waals surface area contributed by atoms with E-state index in [2.05, 4.69) is 5.32 Å². The Labute approximate surface area is 132 Å². The van der Waals surface area contributed by atoms with Crippen LogP contribution in [-0.4, -0.2) is 24.4 Å². The fraction of sp³-hybridized carbons (Fsp3) is 0.214. The Bertz CT molecular complexity index is 600. The molecule has 20 heavy (non-hydrogen) atoms. The molecule has 1 aromatic heterocycles. The molecule has 1 N–H and O–H groups in total. The van der Waals surface area contributed by atoms with Gasteiger partial charge in [0.25, 0.3) is 0 Å². The molecule has 0 aliphatic heterocycles. The first kappa shape index (κ1) is 15.3. The molecule has 0 fully saturated rings. The van der Waals surface area contributed by atoms with E-state index in [1.807, 2.05) is 30.1 Å². The highest BCUT2D eigenvalue weighted by Crippen LogP contribution is 2.22. The van der Waals surface area contributed by atoms with Gasteiger partial charge in [-0.05, 0) is 37.4 Å². The molecule has 0 aliphatic rings. The number of amides is 1. The highest BCUT2D eigenvalue weighted by Gasteiger charge is 2.09. The average Bonchev–Trinajstić information content (AvgIpc) is 2.74. The average molecular weight is 329 g/mol. The van der Waals surface area contributed by atoms with Gasteiger partial charge in [-0.15, -0.1) is 11.3 Å². The van der Waals surface area contributed by atoms with E-state index in [9.17, 15) is 4.79 Å². The molecule has 0 saturated heterocycles. The van der Waals surface area contributed by atoms with Crippen molar-refractivity contribution >= 4 is 46.1 Å². The van der Waals surface area contributed by atoms with Crippen LogP contribution in [-0.2, 0) is 11.3 Å². The summed E-state index contributed by atoms with van der Waals surface area (Å²) in [6, 6.07) is 10.9. The zero-order valence-electron chi connectivity index (χ0n) is 10.9. The lowest BCUT2D eigenvalue weighted by molar-refractivity contribution is -0.117. The van der Waals surface area contributed by atoms with Crippen molar-refractivity contribution in [3.05, 3.63) is 50.6 Å². The molecular weight excluding hydrogens is 315 g/mol. The number of nitrogens with zero attached hydrogens (tertiary/aromatic N) is 1. The van der Waals surface area contributed by atoms with E-state index in [1.54, 1.807) is 18.2 Å². The van der Waals surface area contributed by atoms with Crippen LogP contribution in [0.25, 0.3) is 0 Å². The minimum Gasteiger partial charge on any atom is -0.325 e. The van der Waals surface area contributed by atoms with E-state index in [0.717, 1.165) is 9.21 Å². The smallest absolute Gasteiger partial charge is 0.238 e. The maximum absolute atomic E-state index is 11.9. The highest BCUT2D eigenvalue weighted by molar-refractivity contribution is 7.16. The second-order valence-electron chi connectivity index (χ2n) is 4.44. The van der Waals surface area contributed by atoms with Crippen LogP contribution in [0.1, 0.15) is 4.88 Å². The standard InChI is InChI=1S/C14H14Cl2N2OS/c1-18(8-12-5-6-13(16)20-12)9-14(19)17-11-4-2-3-10(15)7-11/h2-7H,8-9H2,1H3,(H,17,19). The summed E-state index contributed by atoms with van der Waals surface area (Å²) in [6.45, 7) is 1.00. The van der Waals surface area contributed by atoms with Crippen molar-refractivity contribution in [1.82, 2.24) is 4.90 Å². The Morgan fingerprint density at radius 1 is 1.30 bits per heavy atom. The molecule has 0 radical (unpaired) electrons. The maximum atomic E-state index is 11.9. The lowest BCUT2D eigenvalue weighted by Crippen LogP contribution is -2.29. The zero-order chi connectivity index (χ0) is 14.5. The van der Waals surface area contributed by atoms with Gasteiger partial charge in [0, 0.05) is 22.1 Å². The Morgan fingerprint density at radius 3 is 2.75 bits per heavy atom. The number of carbonyl (C=O) groups is 1. The van der Waals surface area contributed by atoms with E-state index in [4.69, 9.17) is 23.2 Å². The van der Waals surface area contributed by atoms with Crippen molar-refractivity contribution in [3.8, 4) is 0 Å². The number of thiophene rings is 1. The third kappa shape index (κ3) is 4.80. The monoisotopic (exact) mass is 328 g/mol. The van der Waals surface area contributed by atoms with Gasteiger partial charge in [-0.3, -0.25) is 9.69 Å². The van der Waals surface area contributed by atoms with Gasteiger partial charge in [-0.2, -0.15) is 0 Å². The molecule has 1 amide bonds. The SMILES string of the molecule is CN(CC(=O)Nc1cccc(Cl)c1)Cc1ccc(Cl)s1. The summed E-state index contributed by atoms with van der Waals surface area (Å²) in [6.07, 6.45) is 0. The molecule has 2 aromatic rings. The Hall–Kier alpha value is -1.07. The number of benzene rings is 1. The lowest BCUT2D eigenvalue weighted by Gasteiger charge is -2.15. The summed E-state index contributed by atoms with van der Waals surface area (Å²) in [4.78, 5) is 15.0. The molecular formula is C14H14Cl2N2OS. The van der Waals surface area contributed by atoms with Gasteiger partial charge >= 0.3 is 0 Å². The maximum Gasteiger partial charge on any atom is 0.238 e. The summed E-state index contributed by atoms with van der Waals surface area (Å²) in [5.41, 5.74) is 0.704. The first-order valence-corrected chi connectivity index (χ1v) is 7.58. The number of anilines is 1. The molecule has 0 saturated carbocycles. The normalized spacial score (nSPS) is 10.8. The Morgan fingerprint density at radius 2 is 2.10 bits per heavy atom. The van der Waals surface area contributed by atoms with E-state index in [0.29, 0.717) is 23.8 Å². The van der Waals surface area contributed by atoms with Gasteiger partial charge in [-0.25, -0.2) is 0 Å². The van der Waals surface area contributed by atoms with Crippen LogP contribution in [0.5, 0.6) is 0 Å². The van der Waals surface area contributed by atoms with Gasteiger partial charge in [0.1, 0.15) is 0 Å². The second kappa shape index (κ2) is 7.09. The molecule has 0 aliphatic carbocycles. The Balaban J connectivity index is 1.84. The first-order chi connectivity index (χ1) is 9.52. The number of likely N-dealkylation sites (N-methyl/N-ethyl adjacent to an activating group) is 1. The third-order valence-electron chi connectivity index (χ3n) is 2.58. The van der Waals surface area contributed by atoms with Crippen LogP contribution in [0, 0.1) is 0 Å². The molecule has 1 heterocycles. The molecule has 6 heteroatoms. The largest absolute Gasteiger partial charge is 0.325 e. The third-order valence-corrected chi connectivity index (χ3v) is 4.03. The van der Waals surface area contributed by atoms with Crippen molar-refractivity contribution in [2.45, 2.75) is 6.54 Å². The molecule has 0 spiro atoms. The van der Waals surface area contributed by atoms with Gasteiger partial charge in [0.2, 0.25) is 5.91 Å². The molecule has 3 nitrogen and oxygen atoms in total. The van der Waals surface area contributed by atoms with Crippen LogP contribution in [0.15, 0.2) is 36.4 Å². The number of rotatable bonds is 5. The first-order valence-electron chi connectivity index (χ1n) is 6.01. The van der Waals surface area contributed by atoms with Crippen LogP contribution in [0.3, 0.4) is 0 Å². The van der Waals surface area contributed by atoms with Crippen LogP contribution in [0.4, 0.5) is 5.69 Å². The summed E-state index contributed by atoms with van der Waals surface area (Å²) in [5.74, 6) is -0.0718. The predicted molar refractivity (Wildman–Crippen MR) is 85.7 cm³/mol.